The first kappa shape index (κ1) is 21.1. The summed E-state index contributed by atoms with van der Waals surface area (Å²) in [7, 11) is -1.87. The van der Waals surface area contributed by atoms with Crippen molar-refractivity contribution in [2.45, 2.75) is 37.0 Å². The van der Waals surface area contributed by atoms with E-state index >= 15 is 0 Å². The summed E-state index contributed by atoms with van der Waals surface area (Å²) in [5, 5.41) is 6.09. The maximum atomic E-state index is 12.9. The van der Waals surface area contributed by atoms with E-state index in [4.69, 9.17) is 10.5 Å². The lowest BCUT2D eigenvalue weighted by molar-refractivity contribution is 0.0854. The molecule has 31 heavy (non-hydrogen) atoms. The van der Waals surface area contributed by atoms with E-state index < -0.39 is 15.6 Å². The van der Waals surface area contributed by atoms with Crippen LogP contribution in [-0.2, 0) is 15.8 Å². The number of hydrogen-bond donors (Lipinski definition) is 3. The number of aromatic nitrogens is 1. The van der Waals surface area contributed by atoms with Crippen LogP contribution < -0.4 is 21.1 Å². The van der Waals surface area contributed by atoms with Crippen molar-refractivity contribution < 1.29 is 17.9 Å². The Morgan fingerprint density at radius 2 is 2.03 bits per heavy atom. The van der Waals surface area contributed by atoms with Gasteiger partial charge < -0.3 is 21.1 Å². The minimum Gasteiger partial charge on any atom is -0.490 e. The zero-order chi connectivity index (χ0) is 22.1. The van der Waals surface area contributed by atoms with Crippen LogP contribution in [0.4, 0.5) is 5.82 Å². The molecule has 0 saturated heterocycles. The predicted octanol–water partition coefficient (Wildman–Crippen LogP) is 1.79. The van der Waals surface area contributed by atoms with Crippen LogP contribution in [0.2, 0.25) is 0 Å². The molecule has 2 aromatic rings. The number of sulfonamides is 1. The second-order valence-electron chi connectivity index (χ2n) is 7.90. The standard InChI is InChI=1S/C21H25N5O4S/c1-23-17-11-14(7-10-24-17)20(27)25-21(8-2-3-9-21)13-30-16-6-4-5-15-12-31(28,29)26-19(22)18(15)16/h4-7,10-11H,2-3,8-9,12-13H2,1H3,(H2,22,26)(H,23,24)(H,25,27). The van der Waals surface area contributed by atoms with E-state index in [9.17, 15) is 13.2 Å². The fraction of sp³-hybridized carbons (Fsp3) is 0.381. The molecular formula is C21H25N5O4S. The Hall–Kier alpha value is -3.14. The minimum absolute atomic E-state index is 0.0715. The van der Waals surface area contributed by atoms with Gasteiger partial charge in [-0.1, -0.05) is 25.0 Å². The van der Waals surface area contributed by atoms with Crippen LogP contribution in [-0.4, -0.2) is 44.3 Å². The topological polar surface area (TPSA) is 136 Å². The van der Waals surface area contributed by atoms with Crippen molar-refractivity contribution in [1.82, 2.24) is 10.3 Å². The molecule has 0 radical (unpaired) electrons. The van der Waals surface area contributed by atoms with Crippen molar-refractivity contribution in [1.29, 1.82) is 0 Å². The van der Waals surface area contributed by atoms with Crippen LogP contribution in [0.1, 0.15) is 47.2 Å². The normalized spacial score (nSPS) is 18.5. The van der Waals surface area contributed by atoms with Crippen LogP contribution in [0, 0.1) is 0 Å². The molecule has 1 aliphatic carbocycles. The molecule has 0 atom stereocenters. The van der Waals surface area contributed by atoms with Crippen molar-refractivity contribution in [3.63, 3.8) is 0 Å². The van der Waals surface area contributed by atoms with Gasteiger partial charge in [0.05, 0.1) is 16.9 Å². The predicted molar refractivity (Wildman–Crippen MR) is 118 cm³/mol. The SMILES string of the molecule is CNc1cc(C(=O)NC2(COc3cccc4c3C(N)=NS(=O)(=O)C4)CCCC2)ccn1. The number of nitrogens with zero attached hydrogens (tertiary/aromatic N) is 2. The minimum atomic E-state index is -3.62. The number of fused-ring (bicyclic) bond motifs is 1. The Morgan fingerprint density at radius 1 is 1.26 bits per heavy atom. The molecule has 1 fully saturated rings. The monoisotopic (exact) mass is 443 g/mol. The fourth-order valence-electron chi connectivity index (χ4n) is 4.13. The molecule has 164 valence electrons. The average molecular weight is 444 g/mol. The van der Waals surface area contributed by atoms with Crippen molar-refractivity contribution in [3.05, 3.63) is 53.2 Å². The summed E-state index contributed by atoms with van der Waals surface area (Å²) >= 11 is 0. The highest BCUT2D eigenvalue weighted by molar-refractivity contribution is 7.89. The lowest BCUT2D eigenvalue weighted by atomic mass is 9.97. The quantitative estimate of drug-likeness (QED) is 0.619. The lowest BCUT2D eigenvalue weighted by Crippen LogP contribution is -2.50. The Balaban J connectivity index is 1.54. The van der Waals surface area contributed by atoms with Crippen LogP contribution in [0.5, 0.6) is 5.75 Å². The molecule has 0 unspecified atom stereocenters. The highest BCUT2D eigenvalue weighted by Crippen LogP contribution is 2.33. The van der Waals surface area contributed by atoms with E-state index in [0.717, 1.165) is 25.7 Å². The summed E-state index contributed by atoms with van der Waals surface area (Å²) in [5.74, 6) is 0.614. The second kappa shape index (κ2) is 8.18. The number of anilines is 1. The number of nitrogens with two attached hydrogens (primary N) is 1. The van der Waals surface area contributed by atoms with Gasteiger partial charge in [-0.3, -0.25) is 4.79 Å². The van der Waals surface area contributed by atoms with Crippen molar-refractivity contribution in [2.24, 2.45) is 10.1 Å². The van der Waals surface area contributed by atoms with Gasteiger partial charge >= 0.3 is 0 Å². The summed E-state index contributed by atoms with van der Waals surface area (Å²) in [5.41, 5.74) is 7.00. The number of nitrogens with one attached hydrogen (secondary N) is 2. The van der Waals surface area contributed by atoms with Crippen LogP contribution in [0.3, 0.4) is 0 Å². The third-order valence-corrected chi connectivity index (χ3v) is 6.82. The summed E-state index contributed by atoms with van der Waals surface area (Å²) in [6, 6.07) is 8.55. The number of rotatable bonds is 6. The summed E-state index contributed by atoms with van der Waals surface area (Å²) in [4.78, 5) is 17.1. The molecule has 4 N–H and O–H groups in total. The molecule has 1 aliphatic heterocycles. The van der Waals surface area contributed by atoms with E-state index in [1.54, 1.807) is 43.6 Å². The molecule has 2 aliphatic rings. The number of pyridine rings is 1. The van der Waals surface area contributed by atoms with Crippen molar-refractivity contribution in [2.75, 3.05) is 19.0 Å². The maximum absolute atomic E-state index is 12.9. The average Bonchev–Trinajstić information content (AvgIpc) is 3.19. The van der Waals surface area contributed by atoms with Gasteiger partial charge in [0.2, 0.25) is 0 Å². The first-order chi connectivity index (χ1) is 14.8. The smallest absolute Gasteiger partial charge is 0.259 e. The van der Waals surface area contributed by atoms with Gasteiger partial charge in [0.15, 0.2) is 0 Å². The van der Waals surface area contributed by atoms with Gasteiger partial charge in [-0.25, -0.2) is 13.4 Å². The van der Waals surface area contributed by atoms with Gasteiger partial charge in [-0.2, -0.15) is 0 Å². The number of amidine groups is 1. The zero-order valence-corrected chi connectivity index (χ0v) is 18.0. The maximum Gasteiger partial charge on any atom is 0.259 e. The van der Waals surface area contributed by atoms with Crippen LogP contribution in [0.25, 0.3) is 0 Å². The molecule has 2 heterocycles. The van der Waals surface area contributed by atoms with Crippen molar-refractivity contribution in [3.8, 4) is 5.75 Å². The van der Waals surface area contributed by atoms with E-state index in [1.807, 2.05) is 0 Å². The number of carbonyl (C=O) groups is 1. The lowest BCUT2D eigenvalue weighted by Gasteiger charge is -2.31. The highest BCUT2D eigenvalue weighted by atomic mass is 32.2. The molecule has 0 bridgehead atoms. The number of carbonyl (C=O) groups excluding carboxylic acids is 1. The Labute approximate surface area is 181 Å². The van der Waals surface area contributed by atoms with E-state index in [-0.39, 0.29) is 24.1 Å². The summed E-state index contributed by atoms with van der Waals surface area (Å²) in [6.07, 6.45) is 5.13. The first-order valence-electron chi connectivity index (χ1n) is 10.1. The fourth-order valence-corrected chi connectivity index (χ4v) is 5.22. The zero-order valence-electron chi connectivity index (χ0n) is 17.2. The third kappa shape index (κ3) is 4.48. The molecule has 10 heteroatoms. The summed E-state index contributed by atoms with van der Waals surface area (Å²) in [6.45, 7) is 0.249. The second-order valence-corrected chi connectivity index (χ2v) is 9.54. The largest absolute Gasteiger partial charge is 0.490 e. The van der Waals surface area contributed by atoms with E-state index in [2.05, 4.69) is 20.0 Å². The van der Waals surface area contributed by atoms with Crippen LogP contribution >= 0.6 is 0 Å². The van der Waals surface area contributed by atoms with E-state index in [0.29, 0.717) is 28.3 Å². The third-order valence-electron chi connectivity index (χ3n) is 5.67. The number of hydrogen-bond acceptors (Lipinski definition) is 7. The first-order valence-corrected chi connectivity index (χ1v) is 11.7. The van der Waals surface area contributed by atoms with Gasteiger partial charge in [0.25, 0.3) is 15.9 Å². The number of benzene rings is 1. The molecular weight excluding hydrogens is 418 g/mol. The molecule has 0 spiro atoms. The number of ether oxygens (including phenoxy) is 1. The van der Waals surface area contributed by atoms with E-state index in [1.165, 1.54) is 0 Å². The summed E-state index contributed by atoms with van der Waals surface area (Å²) < 4.78 is 33.5. The van der Waals surface area contributed by atoms with Gasteiger partial charge in [0.1, 0.15) is 24.0 Å². The highest BCUT2D eigenvalue weighted by Gasteiger charge is 2.37. The molecule has 9 nitrogen and oxygen atoms in total. The molecule has 1 amide bonds. The van der Waals surface area contributed by atoms with Gasteiger partial charge in [0, 0.05) is 18.8 Å². The Bertz CT molecular complexity index is 1140. The Morgan fingerprint density at radius 3 is 2.77 bits per heavy atom. The number of amides is 1. The van der Waals surface area contributed by atoms with Gasteiger partial charge in [-0.15, -0.1) is 4.40 Å². The molecule has 1 saturated carbocycles. The molecule has 1 aromatic carbocycles. The molecule has 1 aromatic heterocycles. The van der Waals surface area contributed by atoms with Crippen molar-refractivity contribution >= 4 is 27.6 Å². The Kier molecular flexibility index (Phi) is 5.57. The molecule has 4 rings (SSSR count). The van der Waals surface area contributed by atoms with Crippen LogP contribution in [0.15, 0.2) is 40.9 Å². The van der Waals surface area contributed by atoms with Gasteiger partial charge in [-0.05, 0) is 36.6 Å².